The van der Waals surface area contributed by atoms with Crippen molar-refractivity contribution in [2.45, 2.75) is 38.4 Å². The first-order valence-electron chi connectivity index (χ1n) is 9.70. The minimum Gasteiger partial charge on any atom is -0.377 e. The van der Waals surface area contributed by atoms with E-state index in [9.17, 15) is 0 Å². The van der Waals surface area contributed by atoms with Gasteiger partial charge in [-0.1, -0.05) is 30.7 Å². The second-order valence-electron chi connectivity index (χ2n) is 7.76. The van der Waals surface area contributed by atoms with Crippen molar-refractivity contribution in [1.82, 2.24) is 10.3 Å². The molecule has 4 rings (SSSR count). The number of nitrogens with zero attached hydrogens (tertiary/aromatic N) is 4. The molecule has 1 aromatic heterocycles. The van der Waals surface area contributed by atoms with Gasteiger partial charge in [-0.2, -0.15) is 0 Å². The summed E-state index contributed by atoms with van der Waals surface area (Å²) in [5.74, 6) is 1.24. The monoisotopic (exact) mass is 415 g/mol. The number of nitrogens with one attached hydrogen (secondary N) is 1. The van der Waals surface area contributed by atoms with Crippen molar-refractivity contribution in [1.29, 1.82) is 0 Å². The van der Waals surface area contributed by atoms with Gasteiger partial charge in [-0.15, -0.1) is 0 Å². The minimum atomic E-state index is -0.850. The van der Waals surface area contributed by atoms with Gasteiger partial charge in [0.1, 0.15) is 5.82 Å². The predicted octanol–water partition coefficient (Wildman–Crippen LogP) is 2.17. The fourth-order valence-electron chi connectivity index (χ4n) is 3.95. The van der Waals surface area contributed by atoms with E-state index in [1.165, 1.54) is 0 Å². The molecule has 0 radical (unpaired) electrons. The summed E-state index contributed by atoms with van der Waals surface area (Å²) in [6.07, 6.45) is 0. The molecule has 0 aliphatic carbocycles. The number of halogens is 1. The van der Waals surface area contributed by atoms with Crippen LogP contribution in [0, 0.1) is 0 Å². The molecule has 8 nitrogen and oxygen atoms in total. The Morgan fingerprint density at radius 3 is 2.72 bits per heavy atom. The van der Waals surface area contributed by atoms with E-state index in [0.29, 0.717) is 18.2 Å². The van der Waals surface area contributed by atoms with Crippen LogP contribution in [-0.4, -0.2) is 48.4 Å². The fourth-order valence-corrected chi connectivity index (χ4v) is 4.17. The lowest BCUT2D eigenvalue weighted by Gasteiger charge is -2.38. The molecule has 0 amide bonds. The molecule has 0 saturated carbocycles. The number of ether oxygens (including phenoxy) is 1. The maximum Gasteiger partial charge on any atom is 0.197 e. The standard InChI is InChI=1S/C20H26ClN7O/c1-11-10-29-8-7-28(11)17-14(9-13-5-4-6-15(21)16(13)24-17)12(2)20(3)26-18(22)25-19(23)27-20/h4-6,9,11-12H,7-8,10H2,1-3H3,(H5,22,23,25,26,27)/t11-,12-/m0/s1. The maximum atomic E-state index is 6.46. The molecular weight excluding hydrogens is 390 g/mol. The van der Waals surface area contributed by atoms with Crippen LogP contribution in [0.3, 0.4) is 0 Å². The quantitative estimate of drug-likeness (QED) is 0.707. The molecule has 2 aromatic rings. The molecule has 1 saturated heterocycles. The molecule has 2 atom stereocenters. The first-order chi connectivity index (χ1) is 13.8. The van der Waals surface area contributed by atoms with Crippen LogP contribution in [0.15, 0.2) is 34.3 Å². The van der Waals surface area contributed by atoms with E-state index in [1.807, 2.05) is 25.1 Å². The molecule has 0 spiro atoms. The van der Waals surface area contributed by atoms with Gasteiger partial charge in [0.2, 0.25) is 0 Å². The third-order valence-electron chi connectivity index (χ3n) is 5.68. The van der Waals surface area contributed by atoms with Crippen LogP contribution < -0.4 is 21.7 Å². The lowest BCUT2D eigenvalue weighted by Crippen LogP contribution is -2.50. The number of nitrogens with two attached hydrogens (primary N) is 2. The first-order valence-corrected chi connectivity index (χ1v) is 10.1. The lowest BCUT2D eigenvalue weighted by molar-refractivity contribution is 0.0984. The number of rotatable bonds is 3. The van der Waals surface area contributed by atoms with Crippen LogP contribution in [0.25, 0.3) is 10.9 Å². The molecule has 2 aliphatic heterocycles. The average molecular weight is 416 g/mol. The van der Waals surface area contributed by atoms with Crippen LogP contribution in [0.1, 0.15) is 32.3 Å². The van der Waals surface area contributed by atoms with Crippen molar-refractivity contribution in [2.75, 3.05) is 24.7 Å². The number of aliphatic imine (C=N–C) groups is 2. The van der Waals surface area contributed by atoms with E-state index in [1.54, 1.807) is 0 Å². The highest BCUT2D eigenvalue weighted by Gasteiger charge is 2.38. The molecule has 0 unspecified atom stereocenters. The summed E-state index contributed by atoms with van der Waals surface area (Å²) in [6, 6.07) is 8.11. The van der Waals surface area contributed by atoms with Gasteiger partial charge in [-0.05, 0) is 26.0 Å². The highest BCUT2D eigenvalue weighted by Crippen LogP contribution is 2.40. The summed E-state index contributed by atoms with van der Waals surface area (Å²) in [6.45, 7) is 8.17. The van der Waals surface area contributed by atoms with Crippen LogP contribution in [0.4, 0.5) is 5.82 Å². The van der Waals surface area contributed by atoms with Crippen LogP contribution in [0.5, 0.6) is 0 Å². The van der Waals surface area contributed by atoms with Gasteiger partial charge in [0, 0.05) is 23.4 Å². The van der Waals surface area contributed by atoms with Crippen molar-refractivity contribution < 1.29 is 4.74 Å². The Bertz CT molecular complexity index is 988. The van der Waals surface area contributed by atoms with Gasteiger partial charge in [0.15, 0.2) is 17.6 Å². The minimum absolute atomic E-state index is 0.136. The van der Waals surface area contributed by atoms with E-state index in [-0.39, 0.29) is 23.9 Å². The Kier molecular flexibility index (Phi) is 5.00. The first kappa shape index (κ1) is 19.7. The summed E-state index contributed by atoms with van der Waals surface area (Å²) < 4.78 is 5.63. The number of aromatic nitrogens is 1. The SMILES string of the molecule is C[C@H]1COCCN1c1nc2c(Cl)cccc2cc1[C@H](C)C1(C)N=C(N)NC(N)=N1. The number of benzene rings is 1. The molecule has 154 valence electrons. The van der Waals surface area contributed by atoms with Gasteiger partial charge >= 0.3 is 0 Å². The largest absolute Gasteiger partial charge is 0.377 e. The zero-order valence-corrected chi connectivity index (χ0v) is 17.6. The Balaban J connectivity index is 1.90. The molecule has 0 bridgehead atoms. The van der Waals surface area contributed by atoms with Crippen molar-refractivity contribution in [2.24, 2.45) is 21.5 Å². The lowest BCUT2D eigenvalue weighted by atomic mass is 9.88. The molecule has 29 heavy (non-hydrogen) atoms. The van der Waals surface area contributed by atoms with Crippen molar-refractivity contribution in [3.05, 3.63) is 34.9 Å². The van der Waals surface area contributed by atoms with E-state index in [0.717, 1.165) is 28.8 Å². The average Bonchev–Trinajstić information content (AvgIpc) is 2.66. The highest BCUT2D eigenvalue weighted by atomic mass is 35.5. The number of para-hydroxylation sites is 1. The zero-order valence-electron chi connectivity index (χ0n) is 16.8. The molecule has 9 heteroatoms. The number of fused-ring (bicyclic) bond motifs is 1. The normalized spacial score (nSPS) is 22.6. The van der Waals surface area contributed by atoms with Gasteiger partial charge in [0.25, 0.3) is 0 Å². The Hall–Kier alpha value is -2.58. The van der Waals surface area contributed by atoms with Crippen LogP contribution in [-0.2, 0) is 4.74 Å². The van der Waals surface area contributed by atoms with Gasteiger partial charge in [-0.3, -0.25) is 5.32 Å². The fraction of sp³-hybridized carbons (Fsp3) is 0.450. The van der Waals surface area contributed by atoms with Crippen molar-refractivity contribution in [3.8, 4) is 0 Å². The Labute approximate surface area is 175 Å². The number of anilines is 1. The number of hydrogen-bond donors (Lipinski definition) is 3. The van der Waals surface area contributed by atoms with E-state index >= 15 is 0 Å². The summed E-state index contributed by atoms with van der Waals surface area (Å²) in [5.41, 5.74) is 12.8. The Morgan fingerprint density at radius 1 is 1.31 bits per heavy atom. The predicted molar refractivity (Wildman–Crippen MR) is 118 cm³/mol. The highest BCUT2D eigenvalue weighted by molar-refractivity contribution is 6.35. The maximum absolute atomic E-state index is 6.46. The second kappa shape index (κ2) is 7.35. The molecular formula is C20H26ClN7O. The van der Waals surface area contributed by atoms with Gasteiger partial charge < -0.3 is 21.1 Å². The molecule has 3 heterocycles. The zero-order chi connectivity index (χ0) is 20.8. The number of guanidine groups is 2. The van der Waals surface area contributed by atoms with E-state index in [4.69, 9.17) is 32.8 Å². The molecule has 5 N–H and O–H groups in total. The molecule has 1 fully saturated rings. The number of pyridine rings is 1. The third-order valence-corrected chi connectivity index (χ3v) is 5.99. The summed E-state index contributed by atoms with van der Waals surface area (Å²) in [7, 11) is 0. The summed E-state index contributed by atoms with van der Waals surface area (Å²) in [4.78, 5) is 16.4. The van der Waals surface area contributed by atoms with Crippen LogP contribution >= 0.6 is 11.6 Å². The third kappa shape index (κ3) is 3.58. The molecule has 2 aliphatic rings. The smallest absolute Gasteiger partial charge is 0.197 e. The summed E-state index contributed by atoms with van der Waals surface area (Å²) >= 11 is 6.46. The summed E-state index contributed by atoms with van der Waals surface area (Å²) in [5, 5.41) is 4.35. The van der Waals surface area contributed by atoms with Crippen molar-refractivity contribution >= 4 is 40.2 Å². The van der Waals surface area contributed by atoms with Crippen LogP contribution in [0.2, 0.25) is 5.02 Å². The number of hydrogen-bond acceptors (Lipinski definition) is 8. The second-order valence-corrected chi connectivity index (χ2v) is 8.17. The van der Waals surface area contributed by atoms with Crippen molar-refractivity contribution in [3.63, 3.8) is 0 Å². The Morgan fingerprint density at radius 2 is 2.03 bits per heavy atom. The molecule has 1 aromatic carbocycles. The van der Waals surface area contributed by atoms with E-state index < -0.39 is 5.66 Å². The van der Waals surface area contributed by atoms with Gasteiger partial charge in [-0.25, -0.2) is 15.0 Å². The topological polar surface area (TPSA) is 114 Å². The van der Waals surface area contributed by atoms with E-state index in [2.05, 4.69) is 40.1 Å². The number of morpholine rings is 1. The van der Waals surface area contributed by atoms with Gasteiger partial charge in [0.05, 0.1) is 29.8 Å².